The Labute approximate surface area is 103 Å². The highest BCUT2D eigenvalue weighted by molar-refractivity contribution is 5.78. The van der Waals surface area contributed by atoms with E-state index >= 15 is 0 Å². The summed E-state index contributed by atoms with van der Waals surface area (Å²) in [5.41, 5.74) is 0. The normalized spacial score (nSPS) is 21.0. The molecule has 0 radical (unpaired) electrons. The van der Waals surface area contributed by atoms with Crippen LogP contribution in [0.15, 0.2) is 0 Å². The number of piperidine rings is 1. The van der Waals surface area contributed by atoms with E-state index in [1.807, 2.05) is 11.8 Å². The molecule has 0 aromatic carbocycles. The van der Waals surface area contributed by atoms with Gasteiger partial charge in [-0.25, -0.2) is 0 Å². The van der Waals surface area contributed by atoms with Gasteiger partial charge in [-0.3, -0.25) is 14.5 Å². The van der Waals surface area contributed by atoms with Crippen LogP contribution in [0.5, 0.6) is 0 Å². The first-order chi connectivity index (χ1) is 8.08. The standard InChI is InChI=1S/C12H22N2O3/c1-4-13(2)11(15)9-14-7-5-6-10(8-14)12(16)17-3/h10H,4-9H2,1-3H3/t10-/m0/s1. The quantitative estimate of drug-likeness (QED) is 0.667. The van der Waals surface area contributed by atoms with Crippen LogP contribution in [0, 0.1) is 5.92 Å². The summed E-state index contributed by atoms with van der Waals surface area (Å²) in [6, 6.07) is 0. The van der Waals surface area contributed by atoms with E-state index in [-0.39, 0.29) is 17.8 Å². The molecule has 0 saturated carbocycles. The molecule has 0 aromatic rings. The van der Waals surface area contributed by atoms with Crippen molar-refractivity contribution in [1.29, 1.82) is 0 Å². The van der Waals surface area contributed by atoms with Crippen LogP contribution in [0.2, 0.25) is 0 Å². The zero-order valence-electron chi connectivity index (χ0n) is 10.9. The van der Waals surface area contributed by atoms with E-state index in [0.717, 1.165) is 19.4 Å². The second-order valence-electron chi connectivity index (χ2n) is 4.51. The van der Waals surface area contributed by atoms with Gasteiger partial charge in [-0.1, -0.05) is 0 Å². The molecule has 1 fully saturated rings. The zero-order valence-corrected chi connectivity index (χ0v) is 10.9. The van der Waals surface area contributed by atoms with Gasteiger partial charge in [-0.05, 0) is 26.3 Å². The van der Waals surface area contributed by atoms with Crippen molar-refractivity contribution in [2.24, 2.45) is 5.92 Å². The Morgan fingerprint density at radius 2 is 2.18 bits per heavy atom. The van der Waals surface area contributed by atoms with E-state index in [1.54, 1.807) is 11.9 Å². The summed E-state index contributed by atoms with van der Waals surface area (Å²) in [5.74, 6) is -0.127. The maximum atomic E-state index is 11.8. The molecule has 0 unspecified atom stereocenters. The van der Waals surface area contributed by atoms with E-state index in [2.05, 4.69) is 0 Å². The van der Waals surface area contributed by atoms with E-state index < -0.39 is 0 Å². The molecule has 0 aromatic heterocycles. The van der Waals surface area contributed by atoms with Gasteiger partial charge >= 0.3 is 5.97 Å². The van der Waals surface area contributed by atoms with Crippen LogP contribution in [0.25, 0.3) is 0 Å². The molecule has 5 nitrogen and oxygen atoms in total. The number of methoxy groups -OCH3 is 1. The molecule has 5 heteroatoms. The fraction of sp³-hybridized carbons (Fsp3) is 0.833. The molecule has 1 saturated heterocycles. The number of hydrogen-bond acceptors (Lipinski definition) is 4. The molecular weight excluding hydrogens is 220 g/mol. The maximum Gasteiger partial charge on any atom is 0.309 e. The second kappa shape index (κ2) is 6.59. The third-order valence-electron chi connectivity index (χ3n) is 3.30. The number of nitrogens with zero attached hydrogens (tertiary/aromatic N) is 2. The van der Waals surface area contributed by atoms with E-state index in [1.165, 1.54) is 7.11 Å². The monoisotopic (exact) mass is 242 g/mol. The van der Waals surface area contributed by atoms with Gasteiger partial charge in [-0.15, -0.1) is 0 Å². The van der Waals surface area contributed by atoms with Crippen molar-refractivity contribution < 1.29 is 14.3 Å². The van der Waals surface area contributed by atoms with Gasteiger partial charge in [0.2, 0.25) is 5.91 Å². The predicted molar refractivity (Wildman–Crippen MR) is 64.5 cm³/mol. The van der Waals surface area contributed by atoms with Gasteiger partial charge in [0.1, 0.15) is 0 Å². The van der Waals surface area contributed by atoms with Crippen molar-refractivity contribution >= 4 is 11.9 Å². The minimum Gasteiger partial charge on any atom is -0.469 e. The van der Waals surface area contributed by atoms with E-state index in [9.17, 15) is 9.59 Å². The molecule has 1 rings (SSSR count). The number of ether oxygens (including phenoxy) is 1. The summed E-state index contributed by atoms with van der Waals surface area (Å²) in [5, 5.41) is 0. The second-order valence-corrected chi connectivity index (χ2v) is 4.51. The Balaban J connectivity index is 2.44. The largest absolute Gasteiger partial charge is 0.469 e. The summed E-state index contributed by atoms with van der Waals surface area (Å²) in [6.07, 6.45) is 1.81. The van der Waals surface area contributed by atoms with Crippen LogP contribution < -0.4 is 0 Å². The number of rotatable bonds is 4. The summed E-state index contributed by atoms with van der Waals surface area (Å²) in [6.45, 7) is 4.59. The molecule has 17 heavy (non-hydrogen) atoms. The fourth-order valence-corrected chi connectivity index (χ4v) is 2.05. The topological polar surface area (TPSA) is 49.9 Å². The first-order valence-corrected chi connectivity index (χ1v) is 6.12. The van der Waals surface area contributed by atoms with Crippen LogP contribution in [0.4, 0.5) is 0 Å². The summed E-state index contributed by atoms with van der Waals surface area (Å²) in [4.78, 5) is 26.9. The van der Waals surface area contributed by atoms with Gasteiger partial charge in [0.05, 0.1) is 19.6 Å². The fourth-order valence-electron chi connectivity index (χ4n) is 2.05. The van der Waals surface area contributed by atoms with Gasteiger partial charge in [0, 0.05) is 20.1 Å². The van der Waals surface area contributed by atoms with Gasteiger partial charge < -0.3 is 9.64 Å². The number of carbonyl (C=O) groups excluding carboxylic acids is 2. The average molecular weight is 242 g/mol. The number of esters is 1. The Morgan fingerprint density at radius 3 is 2.76 bits per heavy atom. The molecule has 0 aliphatic carbocycles. The lowest BCUT2D eigenvalue weighted by Crippen LogP contribution is -2.44. The SMILES string of the molecule is CCN(C)C(=O)CN1CCC[C@H](C(=O)OC)C1. The highest BCUT2D eigenvalue weighted by atomic mass is 16.5. The molecule has 1 aliphatic heterocycles. The van der Waals surface area contributed by atoms with Crippen LogP contribution in [0.3, 0.4) is 0 Å². The zero-order chi connectivity index (χ0) is 12.8. The Kier molecular flexibility index (Phi) is 5.41. The lowest BCUT2D eigenvalue weighted by molar-refractivity contribution is -0.148. The first kappa shape index (κ1) is 14.0. The summed E-state index contributed by atoms with van der Waals surface area (Å²) < 4.78 is 4.75. The van der Waals surface area contributed by atoms with Crippen molar-refractivity contribution in [3.63, 3.8) is 0 Å². The third-order valence-corrected chi connectivity index (χ3v) is 3.30. The molecule has 1 atom stereocenters. The van der Waals surface area contributed by atoms with Crippen LogP contribution in [-0.4, -0.2) is 62.0 Å². The number of hydrogen-bond donors (Lipinski definition) is 0. The highest BCUT2D eigenvalue weighted by Crippen LogP contribution is 2.17. The number of likely N-dealkylation sites (tertiary alicyclic amines) is 1. The molecule has 1 heterocycles. The lowest BCUT2D eigenvalue weighted by atomic mass is 9.98. The minimum absolute atomic E-state index is 0.0755. The molecule has 0 spiro atoms. The summed E-state index contributed by atoms with van der Waals surface area (Å²) in [7, 11) is 3.21. The number of carbonyl (C=O) groups is 2. The third kappa shape index (κ3) is 4.00. The smallest absolute Gasteiger partial charge is 0.309 e. The number of likely N-dealkylation sites (N-methyl/N-ethyl adjacent to an activating group) is 1. The van der Waals surface area contributed by atoms with Crippen molar-refractivity contribution in [3.8, 4) is 0 Å². The molecule has 1 aliphatic rings. The van der Waals surface area contributed by atoms with Crippen molar-refractivity contribution in [1.82, 2.24) is 9.80 Å². The van der Waals surface area contributed by atoms with Crippen LogP contribution in [-0.2, 0) is 14.3 Å². The number of amides is 1. The highest BCUT2D eigenvalue weighted by Gasteiger charge is 2.27. The first-order valence-electron chi connectivity index (χ1n) is 6.12. The lowest BCUT2D eigenvalue weighted by Gasteiger charge is -2.31. The van der Waals surface area contributed by atoms with Gasteiger partial charge in [0.15, 0.2) is 0 Å². The maximum absolute atomic E-state index is 11.8. The molecule has 0 bridgehead atoms. The van der Waals surface area contributed by atoms with Gasteiger partial charge in [-0.2, -0.15) is 0 Å². The molecular formula is C12H22N2O3. The predicted octanol–water partition coefficient (Wildman–Crippen LogP) is 0.350. The van der Waals surface area contributed by atoms with E-state index in [4.69, 9.17) is 4.74 Å². The van der Waals surface area contributed by atoms with Gasteiger partial charge in [0.25, 0.3) is 0 Å². The average Bonchev–Trinajstić information content (AvgIpc) is 2.37. The molecule has 0 N–H and O–H groups in total. The van der Waals surface area contributed by atoms with Crippen LogP contribution in [0.1, 0.15) is 19.8 Å². The van der Waals surface area contributed by atoms with Crippen molar-refractivity contribution in [3.05, 3.63) is 0 Å². The Morgan fingerprint density at radius 1 is 1.47 bits per heavy atom. The molecule has 1 amide bonds. The molecule has 98 valence electrons. The Bertz CT molecular complexity index is 281. The Hall–Kier alpha value is -1.10. The summed E-state index contributed by atoms with van der Waals surface area (Å²) >= 11 is 0. The van der Waals surface area contributed by atoms with Crippen molar-refractivity contribution in [2.75, 3.05) is 40.3 Å². The van der Waals surface area contributed by atoms with Crippen molar-refractivity contribution in [2.45, 2.75) is 19.8 Å². The van der Waals surface area contributed by atoms with Crippen LogP contribution >= 0.6 is 0 Å². The minimum atomic E-state index is -0.161. The van der Waals surface area contributed by atoms with E-state index in [0.29, 0.717) is 19.6 Å².